The van der Waals surface area contributed by atoms with Gasteiger partial charge >= 0.3 is 0 Å². The quantitative estimate of drug-likeness (QED) is 0.855. The molecule has 1 aromatic heterocycles. The van der Waals surface area contributed by atoms with Gasteiger partial charge in [-0.05, 0) is 73.3 Å². The maximum Gasteiger partial charge on any atom is 0.252 e. The lowest BCUT2D eigenvalue weighted by molar-refractivity contribution is -0.00311. The summed E-state index contributed by atoms with van der Waals surface area (Å²) in [6, 6.07) is 2.12. The molecule has 3 nitrogen and oxygen atoms in total. The first kappa shape index (κ1) is 11.7. The van der Waals surface area contributed by atoms with Gasteiger partial charge in [0.2, 0.25) is 0 Å². The largest absolute Gasteiger partial charge is 0.329 e. The predicted octanol–water partition coefficient (Wildman–Crippen LogP) is 2.37. The van der Waals surface area contributed by atoms with E-state index in [2.05, 4.69) is 11.1 Å². The Morgan fingerprint density at radius 1 is 1.11 bits per heavy atom. The van der Waals surface area contributed by atoms with E-state index < -0.39 is 0 Å². The van der Waals surface area contributed by atoms with Crippen LogP contribution >= 0.6 is 0 Å². The molecule has 0 spiro atoms. The zero-order chi connectivity index (χ0) is 13.0. The van der Waals surface area contributed by atoms with Crippen LogP contribution in [0.4, 0.5) is 0 Å². The van der Waals surface area contributed by atoms with E-state index in [9.17, 15) is 4.79 Å². The minimum Gasteiger partial charge on any atom is -0.329 e. The molecule has 4 fully saturated rings. The number of nitrogens with two attached hydrogens (primary N) is 1. The molecule has 4 aliphatic carbocycles. The van der Waals surface area contributed by atoms with Gasteiger partial charge in [-0.2, -0.15) is 0 Å². The van der Waals surface area contributed by atoms with Crippen LogP contribution in [0.5, 0.6) is 0 Å². The molecule has 0 aromatic carbocycles. The molecule has 3 heteroatoms. The predicted molar refractivity (Wildman–Crippen MR) is 74.7 cm³/mol. The minimum absolute atomic E-state index is 0.0220. The summed E-state index contributed by atoms with van der Waals surface area (Å²) in [6.07, 6.45) is 8.81. The first-order valence-corrected chi connectivity index (χ1v) is 7.66. The standard InChI is InChI=1S/C16H22N2O/c17-8-14-13(1-2-18-16(14)19)15-11-4-9-3-10(6-11)7-12(15)5-9/h1-2,9-12,15H,3-8,17H2,(H,18,19). The van der Waals surface area contributed by atoms with Crippen molar-refractivity contribution in [1.82, 2.24) is 4.98 Å². The van der Waals surface area contributed by atoms with Gasteiger partial charge in [0.05, 0.1) is 0 Å². The van der Waals surface area contributed by atoms with Crippen molar-refractivity contribution in [3.8, 4) is 0 Å². The zero-order valence-electron chi connectivity index (χ0n) is 11.3. The van der Waals surface area contributed by atoms with Crippen LogP contribution in [0.2, 0.25) is 0 Å². The van der Waals surface area contributed by atoms with Crippen molar-refractivity contribution in [2.75, 3.05) is 0 Å². The number of nitrogens with one attached hydrogen (secondary N) is 1. The normalized spacial score (nSPS) is 39.7. The monoisotopic (exact) mass is 258 g/mol. The van der Waals surface area contributed by atoms with Crippen LogP contribution in [0.15, 0.2) is 17.1 Å². The lowest BCUT2D eigenvalue weighted by atomic mass is 9.50. The molecule has 0 radical (unpaired) electrons. The highest BCUT2D eigenvalue weighted by atomic mass is 16.1. The molecule has 1 aromatic rings. The van der Waals surface area contributed by atoms with Gasteiger partial charge in [-0.3, -0.25) is 4.79 Å². The molecule has 4 aliphatic rings. The fraction of sp³-hybridized carbons (Fsp3) is 0.688. The summed E-state index contributed by atoms with van der Waals surface area (Å²) in [5.41, 5.74) is 7.94. The van der Waals surface area contributed by atoms with Crippen molar-refractivity contribution in [2.45, 2.75) is 44.6 Å². The Morgan fingerprint density at radius 3 is 2.32 bits per heavy atom. The van der Waals surface area contributed by atoms with Crippen molar-refractivity contribution in [2.24, 2.45) is 29.4 Å². The molecule has 1 heterocycles. The zero-order valence-corrected chi connectivity index (χ0v) is 11.3. The van der Waals surface area contributed by atoms with Crippen LogP contribution in [0.3, 0.4) is 0 Å². The Labute approximate surface area is 113 Å². The number of H-pyrrole nitrogens is 1. The van der Waals surface area contributed by atoms with Crippen LogP contribution in [0.25, 0.3) is 0 Å². The third-order valence-corrected chi connectivity index (χ3v) is 5.89. The number of aromatic amines is 1. The van der Waals surface area contributed by atoms with Crippen LogP contribution < -0.4 is 11.3 Å². The molecule has 0 saturated heterocycles. The second-order valence-corrected chi connectivity index (χ2v) is 6.90. The molecule has 0 atom stereocenters. The van der Waals surface area contributed by atoms with Crippen LogP contribution in [0.1, 0.15) is 49.1 Å². The van der Waals surface area contributed by atoms with Gasteiger partial charge in [0.25, 0.3) is 5.56 Å². The summed E-state index contributed by atoms with van der Waals surface area (Å²) in [4.78, 5) is 14.7. The van der Waals surface area contributed by atoms with Gasteiger partial charge in [0, 0.05) is 18.3 Å². The Bertz CT molecular complexity index is 520. The molecule has 4 saturated carbocycles. The maximum atomic E-state index is 12.0. The van der Waals surface area contributed by atoms with Gasteiger partial charge in [0.1, 0.15) is 0 Å². The van der Waals surface area contributed by atoms with Gasteiger partial charge in [-0.15, -0.1) is 0 Å². The Morgan fingerprint density at radius 2 is 1.74 bits per heavy atom. The lowest BCUT2D eigenvalue weighted by Crippen LogP contribution is -2.44. The molecule has 5 rings (SSSR count). The van der Waals surface area contributed by atoms with E-state index in [4.69, 9.17) is 5.73 Å². The summed E-state index contributed by atoms with van der Waals surface area (Å²) in [5.74, 6) is 4.17. The Balaban J connectivity index is 1.77. The van der Waals surface area contributed by atoms with Crippen molar-refractivity contribution >= 4 is 0 Å². The van der Waals surface area contributed by atoms with Crippen molar-refractivity contribution in [3.63, 3.8) is 0 Å². The fourth-order valence-corrected chi connectivity index (χ4v) is 5.48. The molecule has 3 N–H and O–H groups in total. The molecule has 4 bridgehead atoms. The highest BCUT2D eigenvalue weighted by molar-refractivity contribution is 5.30. The van der Waals surface area contributed by atoms with Crippen molar-refractivity contribution in [3.05, 3.63) is 33.7 Å². The first-order chi connectivity index (χ1) is 9.26. The van der Waals surface area contributed by atoms with E-state index in [0.717, 1.165) is 29.2 Å². The number of aromatic nitrogens is 1. The van der Waals surface area contributed by atoms with Crippen LogP contribution in [-0.2, 0) is 6.54 Å². The highest BCUT2D eigenvalue weighted by Gasteiger charge is 2.49. The highest BCUT2D eigenvalue weighted by Crippen LogP contribution is 2.59. The van der Waals surface area contributed by atoms with E-state index >= 15 is 0 Å². The van der Waals surface area contributed by atoms with Gasteiger partial charge in [0.15, 0.2) is 0 Å². The SMILES string of the molecule is NCc1c(C2C3CC4CC(C3)CC2C4)cc[nH]c1=O. The van der Waals surface area contributed by atoms with Crippen molar-refractivity contribution in [1.29, 1.82) is 0 Å². The van der Waals surface area contributed by atoms with E-state index in [1.54, 1.807) is 0 Å². The van der Waals surface area contributed by atoms with E-state index in [0.29, 0.717) is 12.5 Å². The van der Waals surface area contributed by atoms with Crippen LogP contribution in [0, 0.1) is 23.7 Å². The molecule has 102 valence electrons. The number of hydrogen-bond acceptors (Lipinski definition) is 2. The average molecular weight is 258 g/mol. The Hall–Kier alpha value is -1.09. The maximum absolute atomic E-state index is 12.0. The van der Waals surface area contributed by atoms with Gasteiger partial charge < -0.3 is 10.7 Å². The minimum atomic E-state index is 0.0220. The first-order valence-electron chi connectivity index (χ1n) is 7.66. The lowest BCUT2D eigenvalue weighted by Gasteiger charge is -2.54. The summed E-state index contributed by atoms with van der Waals surface area (Å²) < 4.78 is 0. The van der Waals surface area contributed by atoms with Crippen LogP contribution in [-0.4, -0.2) is 4.98 Å². The topological polar surface area (TPSA) is 58.9 Å². The molecular formula is C16H22N2O. The third-order valence-electron chi connectivity index (χ3n) is 5.89. The van der Waals surface area contributed by atoms with Gasteiger partial charge in [-0.25, -0.2) is 0 Å². The van der Waals surface area contributed by atoms with Crippen molar-refractivity contribution < 1.29 is 0 Å². The molecular weight excluding hydrogens is 236 g/mol. The molecule has 19 heavy (non-hydrogen) atoms. The van der Waals surface area contributed by atoms with E-state index in [1.165, 1.54) is 37.7 Å². The second kappa shape index (κ2) is 4.20. The number of pyridine rings is 1. The Kier molecular flexibility index (Phi) is 2.59. The van der Waals surface area contributed by atoms with E-state index in [-0.39, 0.29) is 5.56 Å². The summed E-state index contributed by atoms with van der Waals surface area (Å²) in [7, 11) is 0. The smallest absolute Gasteiger partial charge is 0.252 e. The number of rotatable bonds is 2. The molecule has 0 amide bonds. The summed E-state index contributed by atoms with van der Waals surface area (Å²) >= 11 is 0. The third kappa shape index (κ3) is 1.71. The molecule has 0 aliphatic heterocycles. The summed E-state index contributed by atoms with van der Waals surface area (Å²) in [6.45, 7) is 0.369. The molecule has 0 unspecified atom stereocenters. The number of hydrogen-bond donors (Lipinski definition) is 2. The fourth-order valence-electron chi connectivity index (χ4n) is 5.48. The van der Waals surface area contributed by atoms with E-state index in [1.807, 2.05) is 6.20 Å². The summed E-state index contributed by atoms with van der Waals surface area (Å²) in [5, 5.41) is 0. The average Bonchev–Trinajstić information content (AvgIpc) is 2.37. The van der Waals surface area contributed by atoms with Gasteiger partial charge in [-0.1, -0.05) is 0 Å². The second-order valence-electron chi connectivity index (χ2n) is 6.90.